The Morgan fingerprint density at radius 3 is 3.04 bits per heavy atom. The smallest absolute Gasteiger partial charge is 0.191 e. The summed E-state index contributed by atoms with van der Waals surface area (Å²) in [6.07, 6.45) is 9.99. The molecule has 6 nitrogen and oxygen atoms in total. The van der Waals surface area contributed by atoms with Crippen LogP contribution >= 0.6 is 0 Å². The topological polar surface area (TPSA) is 67.1 Å². The van der Waals surface area contributed by atoms with Crippen LogP contribution in [-0.2, 0) is 19.3 Å². The molecule has 2 aromatic rings. The zero-order valence-corrected chi connectivity index (χ0v) is 15.4. The van der Waals surface area contributed by atoms with E-state index in [0.29, 0.717) is 12.1 Å². The van der Waals surface area contributed by atoms with Crippen molar-refractivity contribution in [3.8, 4) is 0 Å². The summed E-state index contributed by atoms with van der Waals surface area (Å²) >= 11 is 0. The summed E-state index contributed by atoms with van der Waals surface area (Å²) in [5.41, 5.74) is 3.85. The van der Waals surface area contributed by atoms with Crippen LogP contribution in [0.5, 0.6) is 0 Å². The fourth-order valence-corrected chi connectivity index (χ4v) is 3.16. The van der Waals surface area contributed by atoms with Gasteiger partial charge in [-0.05, 0) is 50.3 Å². The van der Waals surface area contributed by atoms with Gasteiger partial charge in [-0.25, -0.2) is 0 Å². The minimum Gasteiger partial charge on any atom is -0.356 e. The second-order valence-electron chi connectivity index (χ2n) is 6.87. The van der Waals surface area contributed by atoms with E-state index in [9.17, 15) is 0 Å². The second kappa shape index (κ2) is 8.14. The van der Waals surface area contributed by atoms with Gasteiger partial charge in [0.05, 0.1) is 5.69 Å². The molecule has 2 heterocycles. The molecular formula is C19H28N6. The first-order chi connectivity index (χ1) is 12.2. The van der Waals surface area contributed by atoms with Gasteiger partial charge in [0.1, 0.15) is 0 Å². The lowest BCUT2D eigenvalue weighted by molar-refractivity contribution is 0.499. The van der Waals surface area contributed by atoms with Crippen LogP contribution < -0.4 is 10.6 Å². The number of rotatable bonds is 5. The molecule has 1 atom stereocenters. The van der Waals surface area contributed by atoms with E-state index in [1.165, 1.54) is 16.8 Å². The number of nitrogens with zero attached hydrogens (tertiary/aromatic N) is 4. The van der Waals surface area contributed by atoms with Crippen molar-refractivity contribution in [2.45, 2.75) is 51.6 Å². The number of hydrogen-bond acceptors (Lipinski definition) is 3. The number of hydrogen-bond donors (Lipinski definition) is 2. The molecule has 0 saturated carbocycles. The molecule has 0 amide bonds. The molecule has 25 heavy (non-hydrogen) atoms. The first-order valence-electron chi connectivity index (χ1n) is 9.08. The van der Waals surface area contributed by atoms with Crippen molar-refractivity contribution in [3.05, 3.63) is 47.5 Å². The maximum atomic E-state index is 4.74. The van der Waals surface area contributed by atoms with Crippen LogP contribution in [0.2, 0.25) is 0 Å². The highest BCUT2D eigenvalue weighted by molar-refractivity contribution is 5.80. The van der Waals surface area contributed by atoms with Crippen molar-refractivity contribution in [1.29, 1.82) is 0 Å². The monoisotopic (exact) mass is 340 g/mol. The van der Waals surface area contributed by atoms with E-state index < -0.39 is 0 Å². The molecule has 2 N–H and O–H groups in total. The van der Waals surface area contributed by atoms with Crippen molar-refractivity contribution < 1.29 is 0 Å². The van der Waals surface area contributed by atoms with Crippen LogP contribution in [0.4, 0.5) is 0 Å². The Morgan fingerprint density at radius 1 is 1.44 bits per heavy atom. The van der Waals surface area contributed by atoms with Gasteiger partial charge in [0.25, 0.3) is 0 Å². The third kappa shape index (κ3) is 4.59. The first kappa shape index (κ1) is 17.5. The van der Waals surface area contributed by atoms with Crippen LogP contribution in [0.25, 0.3) is 0 Å². The summed E-state index contributed by atoms with van der Waals surface area (Å²) in [6, 6.07) is 4.86. The number of aliphatic imine (C=N–C) groups is 1. The summed E-state index contributed by atoms with van der Waals surface area (Å²) < 4.78 is 2.08. The Morgan fingerprint density at radius 2 is 2.32 bits per heavy atom. The predicted octanol–water partition coefficient (Wildman–Crippen LogP) is 2.12. The minimum absolute atomic E-state index is 0.382. The van der Waals surface area contributed by atoms with Gasteiger partial charge in [0, 0.05) is 50.7 Å². The molecule has 134 valence electrons. The number of pyridine rings is 1. The number of guanidine groups is 1. The third-order valence-electron chi connectivity index (χ3n) is 4.62. The van der Waals surface area contributed by atoms with Crippen molar-refractivity contribution in [1.82, 2.24) is 25.4 Å². The SMILES string of the molecule is CN=C(NCCc1cccnc1)NC1CCc2cn(C(C)C)nc2C1. The number of aromatic nitrogens is 3. The first-order valence-corrected chi connectivity index (χ1v) is 9.08. The molecular weight excluding hydrogens is 312 g/mol. The Balaban J connectivity index is 1.50. The average Bonchev–Trinajstić information content (AvgIpc) is 3.05. The summed E-state index contributed by atoms with van der Waals surface area (Å²) in [5, 5.41) is 11.7. The van der Waals surface area contributed by atoms with E-state index in [1.807, 2.05) is 19.3 Å². The van der Waals surface area contributed by atoms with Gasteiger partial charge in [0.2, 0.25) is 0 Å². The largest absolute Gasteiger partial charge is 0.356 e. The summed E-state index contributed by atoms with van der Waals surface area (Å²) in [6.45, 7) is 5.18. The lowest BCUT2D eigenvalue weighted by Gasteiger charge is -2.24. The standard InChI is InChI=1S/C19H28N6/c1-14(2)25-13-16-6-7-17(11-18(16)24-25)23-19(20-3)22-10-8-15-5-4-9-21-12-15/h4-5,9,12-14,17H,6-8,10-11H2,1-3H3,(H2,20,22,23). The highest BCUT2D eigenvalue weighted by atomic mass is 15.3. The number of fused-ring (bicyclic) bond motifs is 1. The van der Waals surface area contributed by atoms with E-state index in [4.69, 9.17) is 5.10 Å². The Labute approximate surface area is 149 Å². The van der Waals surface area contributed by atoms with Crippen LogP contribution in [0, 0.1) is 0 Å². The lowest BCUT2D eigenvalue weighted by atomic mass is 9.94. The molecule has 1 aliphatic carbocycles. The molecule has 0 radical (unpaired) electrons. The van der Waals surface area contributed by atoms with Crippen LogP contribution in [-0.4, -0.2) is 40.4 Å². The van der Waals surface area contributed by atoms with E-state index in [1.54, 1.807) is 6.20 Å². The molecule has 6 heteroatoms. The van der Waals surface area contributed by atoms with Crippen LogP contribution in [0.3, 0.4) is 0 Å². The van der Waals surface area contributed by atoms with Crippen LogP contribution in [0.15, 0.2) is 35.7 Å². The molecule has 0 spiro atoms. The van der Waals surface area contributed by atoms with Gasteiger partial charge in [-0.15, -0.1) is 0 Å². The van der Waals surface area contributed by atoms with Crippen molar-refractivity contribution >= 4 is 5.96 Å². The highest BCUT2D eigenvalue weighted by Gasteiger charge is 2.22. The van der Waals surface area contributed by atoms with E-state index in [-0.39, 0.29) is 0 Å². The number of aryl methyl sites for hydroxylation is 1. The molecule has 0 fully saturated rings. The zero-order valence-electron chi connectivity index (χ0n) is 15.4. The minimum atomic E-state index is 0.382. The summed E-state index contributed by atoms with van der Waals surface area (Å²) in [4.78, 5) is 8.51. The van der Waals surface area contributed by atoms with Crippen LogP contribution in [0.1, 0.15) is 43.1 Å². The summed E-state index contributed by atoms with van der Waals surface area (Å²) in [5.74, 6) is 0.862. The Kier molecular flexibility index (Phi) is 5.68. The van der Waals surface area contributed by atoms with Crippen molar-refractivity contribution in [2.75, 3.05) is 13.6 Å². The van der Waals surface area contributed by atoms with E-state index in [0.717, 1.165) is 38.2 Å². The van der Waals surface area contributed by atoms with Crippen molar-refractivity contribution in [2.24, 2.45) is 4.99 Å². The summed E-state index contributed by atoms with van der Waals surface area (Å²) in [7, 11) is 1.82. The average molecular weight is 340 g/mol. The molecule has 1 aliphatic rings. The molecule has 2 aromatic heterocycles. The predicted molar refractivity (Wildman–Crippen MR) is 101 cm³/mol. The number of nitrogens with one attached hydrogen (secondary N) is 2. The molecule has 1 unspecified atom stereocenters. The zero-order chi connectivity index (χ0) is 17.6. The van der Waals surface area contributed by atoms with Gasteiger partial charge in [-0.2, -0.15) is 5.10 Å². The van der Waals surface area contributed by atoms with Crippen molar-refractivity contribution in [3.63, 3.8) is 0 Å². The molecule has 3 rings (SSSR count). The fourth-order valence-electron chi connectivity index (χ4n) is 3.16. The van der Waals surface area contributed by atoms with Gasteiger partial charge >= 0.3 is 0 Å². The third-order valence-corrected chi connectivity index (χ3v) is 4.62. The second-order valence-corrected chi connectivity index (χ2v) is 6.87. The highest BCUT2D eigenvalue weighted by Crippen LogP contribution is 2.21. The lowest BCUT2D eigenvalue weighted by Crippen LogP contribution is -2.46. The quantitative estimate of drug-likeness (QED) is 0.646. The molecule has 0 aliphatic heterocycles. The maximum Gasteiger partial charge on any atom is 0.191 e. The Bertz CT molecular complexity index is 704. The Hall–Kier alpha value is -2.37. The van der Waals surface area contributed by atoms with Gasteiger partial charge in [0.15, 0.2) is 5.96 Å². The van der Waals surface area contributed by atoms with Gasteiger partial charge < -0.3 is 10.6 Å². The van der Waals surface area contributed by atoms with Gasteiger partial charge in [-0.3, -0.25) is 14.7 Å². The van der Waals surface area contributed by atoms with E-state index in [2.05, 4.69) is 51.4 Å². The molecule has 0 aromatic carbocycles. The van der Waals surface area contributed by atoms with E-state index >= 15 is 0 Å². The molecule has 0 bridgehead atoms. The maximum absolute atomic E-state index is 4.74. The van der Waals surface area contributed by atoms with Gasteiger partial charge in [-0.1, -0.05) is 6.07 Å². The molecule has 0 saturated heterocycles. The normalized spacial score (nSPS) is 17.4. The fraction of sp³-hybridized carbons (Fsp3) is 0.526.